The van der Waals surface area contributed by atoms with E-state index in [9.17, 15) is 0 Å². The Hall–Kier alpha value is -2.27. The van der Waals surface area contributed by atoms with Gasteiger partial charge in [-0.25, -0.2) is 0 Å². The smallest absolute Gasteiger partial charge is 0.0594 e. The number of morpholine rings is 1. The Labute approximate surface area is 161 Å². The molecule has 2 heterocycles. The van der Waals surface area contributed by atoms with Crippen LogP contribution in [0.1, 0.15) is 16.7 Å². The van der Waals surface area contributed by atoms with Gasteiger partial charge in [-0.3, -0.25) is 14.8 Å². The molecule has 4 rings (SSSR count). The summed E-state index contributed by atoms with van der Waals surface area (Å²) in [6.07, 6.45) is 3.81. The van der Waals surface area contributed by atoms with Crippen LogP contribution in [0.5, 0.6) is 0 Å². The summed E-state index contributed by atoms with van der Waals surface area (Å²) in [4.78, 5) is 9.08. The highest BCUT2D eigenvalue weighted by molar-refractivity contribution is 5.84. The molecule has 0 aliphatic carbocycles. The number of benzene rings is 2. The van der Waals surface area contributed by atoms with Gasteiger partial charge in [0.1, 0.15) is 0 Å². The number of pyridine rings is 1. The molecule has 3 aromatic rings. The number of hydrogen-bond acceptors (Lipinski definition) is 4. The van der Waals surface area contributed by atoms with E-state index < -0.39 is 0 Å². The van der Waals surface area contributed by atoms with E-state index in [2.05, 4.69) is 70.4 Å². The molecule has 0 spiro atoms. The Kier molecular flexibility index (Phi) is 5.78. The zero-order chi connectivity index (χ0) is 18.5. The zero-order valence-electron chi connectivity index (χ0n) is 16.0. The molecular weight excluding hydrogens is 334 g/mol. The second-order valence-corrected chi connectivity index (χ2v) is 7.39. The largest absolute Gasteiger partial charge is 0.379 e. The van der Waals surface area contributed by atoms with Crippen molar-refractivity contribution >= 4 is 10.8 Å². The van der Waals surface area contributed by atoms with Gasteiger partial charge in [0.15, 0.2) is 0 Å². The van der Waals surface area contributed by atoms with Crippen molar-refractivity contribution in [3.63, 3.8) is 0 Å². The van der Waals surface area contributed by atoms with Crippen molar-refractivity contribution in [3.05, 3.63) is 77.6 Å². The maximum Gasteiger partial charge on any atom is 0.0594 e. The van der Waals surface area contributed by atoms with Crippen molar-refractivity contribution in [2.24, 2.45) is 0 Å². The van der Waals surface area contributed by atoms with Crippen LogP contribution >= 0.6 is 0 Å². The predicted octanol–water partition coefficient (Wildman–Crippen LogP) is 3.70. The van der Waals surface area contributed by atoms with E-state index in [-0.39, 0.29) is 0 Å². The van der Waals surface area contributed by atoms with Gasteiger partial charge in [0, 0.05) is 50.5 Å². The maximum absolute atomic E-state index is 5.45. The molecule has 0 atom stereocenters. The van der Waals surface area contributed by atoms with Gasteiger partial charge in [0.05, 0.1) is 13.2 Å². The predicted molar refractivity (Wildman–Crippen MR) is 109 cm³/mol. The van der Waals surface area contributed by atoms with Crippen LogP contribution in [0, 0.1) is 0 Å². The topological polar surface area (TPSA) is 28.6 Å². The summed E-state index contributed by atoms with van der Waals surface area (Å²) < 4.78 is 5.45. The standard InChI is InChI=1S/C23H27N3O/c1-25(18-22-7-3-6-21-15-24-9-8-23(21)22)16-19-4-2-5-20(14-19)17-26-10-12-27-13-11-26/h2-9,14-15H,10-13,16-18H2,1H3. The lowest BCUT2D eigenvalue weighted by atomic mass is 10.1. The third-order valence-electron chi connectivity index (χ3n) is 5.17. The number of rotatable bonds is 6. The maximum atomic E-state index is 5.45. The zero-order valence-corrected chi connectivity index (χ0v) is 16.0. The molecule has 1 aliphatic rings. The van der Waals surface area contributed by atoms with Crippen LogP contribution in [0.4, 0.5) is 0 Å². The Bertz CT molecular complexity index is 884. The molecule has 1 fully saturated rings. The van der Waals surface area contributed by atoms with Gasteiger partial charge in [0.25, 0.3) is 0 Å². The molecule has 0 radical (unpaired) electrons. The molecule has 4 nitrogen and oxygen atoms in total. The molecular formula is C23H27N3O. The monoisotopic (exact) mass is 361 g/mol. The lowest BCUT2D eigenvalue weighted by Gasteiger charge is -2.26. The highest BCUT2D eigenvalue weighted by atomic mass is 16.5. The van der Waals surface area contributed by atoms with Crippen molar-refractivity contribution in [3.8, 4) is 0 Å². The molecule has 1 aromatic heterocycles. The van der Waals surface area contributed by atoms with Gasteiger partial charge in [-0.15, -0.1) is 0 Å². The fourth-order valence-corrected chi connectivity index (χ4v) is 3.83. The fourth-order valence-electron chi connectivity index (χ4n) is 3.83. The summed E-state index contributed by atoms with van der Waals surface area (Å²) in [5.74, 6) is 0. The quantitative estimate of drug-likeness (QED) is 0.669. The molecule has 4 heteroatoms. The van der Waals surface area contributed by atoms with Crippen LogP contribution in [-0.4, -0.2) is 48.1 Å². The van der Waals surface area contributed by atoms with E-state index >= 15 is 0 Å². The summed E-state index contributed by atoms with van der Waals surface area (Å²) in [7, 11) is 2.19. The minimum absolute atomic E-state index is 0.850. The summed E-state index contributed by atoms with van der Waals surface area (Å²) in [6, 6.07) is 17.6. The molecule has 1 aliphatic heterocycles. The van der Waals surface area contributed by atoms with Crippen molar-refractivity contribution < 1.29 is 4.74 Å². The summed E-state index contributed by atoms with van der Waals surface area (Å²) in [6.45, 7) is 6.64. The average Bonchev–Trinajstić information content (AvgIpc) is 2.69. The van der Waals surface area contributed by atoms with Gasteiger partial charge < -0.3 is 4.74 Å². The van der Waals surface area contributed by atoms with Crippen molar-refractivity contribution in [1.29, 1.82) is 0 Å². The molecule has 0 N–H and O–H groups in total. The first-order valence-electron chi connectivity index (χ1n) is 9.66. The number of hydrogen-bond donors (Lipinski definition) is 0. The molecule has 1 saturated heterocycles. The molecule has 27 heavy (non-hydrogen) atoms. The Morgan fingerprint density at radius 1 is 1.00 bits per heavy atom. The fraction of sp³-hybridized carbons (Fsp3) is 0.348. The Morgan fingerprint density at radius 2 is 1.81 bits per heavy atom. The van der Waals surface area contributed by atoms with Crippen LogP contribution in [-0.2, 0) is 24.4 Å². The lowest BCUT2D eigenvalue weighted by Crippen LogP contribution is -2.35. The second-order valence-electron chi connectivity index (χ2n) is 7.39. The number of fused-ring (bicyclic) bond motifs is 1. The third-order valence-corrected chi connectivity index (χ3v) is 5.17. The van der Waals surface area contributed by atoms with E-state index in [0.717, 1.165) is 45.9 Å². The third kappa shape index (κ3) is 4.72. The molecule has 140 valence electrons. The minimum atomic E-state index is 0.850. The normalized spacial score (nSPS) is 15.5. The lowest BCUT2D eigenvalue weighted by molar-refractivity contribution is 0.0342. The second kappa shape index (κ2) is 8.61. The average molecular weight is 361 g/mol. The van der Waals surface area contributed by atoms with Crippen molar-refractivity contribution in [1.82, 2.24) is 14.8 Å². The summed E-state index contributed by atoms with van der Waals surface area (Å²) in [5, 5.41) is 2.50. The van der Waals surface area contributed by atoms with E-state index in [4.69, 9.17) is 4.74 Å². The molecule has 0 saturated carbocycles. The molecule has 0 unspecified atom stereocenters. The molecule has 0 bridgehead atoms. The van der Waals surface area contributed by atoms with E-state index in [1.165, 1.54) is 27.5 Å². The van der Waals surface area contributed by atoms with Gasteiger partial charge in [-0.05, 0) is 35.2 Å². The van der Waals surface area contributed by atoms with E-state index in [1.54, 1.807) is 0 Å². The first kappa shape index (κ1) is 18.1. The number of nitrogens with zero attached hydrogens (tertiary/aromatic N) is 3. The number of aromatic nitrogens is 1. The highest BCUT2D eigenvalue weighted by Crippen LogP contribution is 2.20. The Balaban J connectivity index is 1.41. The highest BCUT2D eigenvalue weighted by Gasteiger charge is 2.11. The van der Waals surface area contributed by atoms with Crippen LogP contribution < -0.4 is 0 Å². The first-order valence-corrected chi connectivity index (χ1v) is 9.66. The van der Waals surface area contributed by atoms with Crippen LogP contribution in [0.15, 0.2) is 60.9 Å². The van der Waals surface area contributed by atoms with Crippen LogP contribution in [0.2, 0.25) is 0 Å². The van der Waals surface area contributed by atoms with Gasteiger partial charge >= 0.3 is 0 Å². The van der Waals surface area contributed by atoms with Crippen molar-refractivity contribution in [2.75, 3.05) is 33.4 Å². The SMILES string of the molecule is CN(Cc1cccc(CN2CCOCC2)c1)Cc1cccc2cnccc12. The van der Waals surface area contributed by atoms with Gasteiger partial charge in [0.2, 0.25) is 0 Å². The summed E-state index contributed by atoms with van der Waals surface area (Å²) in [5.41, 5.74) is 4.10. The van der Waals surface area contributed by atoms with Crippen LogP contribution in [0.3, 0.4) is 0 Å². The van der Waals surface area contributed by atoms with Gasteiger partial charge in [-0.2, -0.15) is 0 Å². The van der Waals surface area contributed by atoms with E-state index in [0.29, 0.717) is 0 Å². The molecule has 0 amide bonds. The summed E-state index contributed by atoms with van der Waals surface area (Å²) >= 11 is 0. The van der Waals surface area contributed by atoms with Crippen molar-refractivity contribution in [2.45, 2.75) is 19.6 Å². The molecule has 2 aromatic carbocycles. The Morgan fingerprint density at radius 3 is 2.70 bits per heavy atom. The van der Waals surface area contributed by atoms with E-state index in [1.807, 2.05) is 12.4 Å². The first-order chi connectivity index (χ1) is 13.3. The minimum Gasteiger partial charge on any atom is -0.379 e. The number of ether oxygens (including phenoxy) is 1. The van der Waals surface area contributed by atoms with Crippen LogP contribution in [0.25, 0.3) is 10.8 Å². The van der Waals surface area contributed by atoms with Gasteiger partial charge in [-0.1, -0.05) is 42.5 Å².